The number of sulfonamides is 1. The number of carbonyl (C=O) groups is 3. The van der Waals surface area contributed by atoms with E-state index < -0.39 is 45.6 Å². The molecule has 0 unspecified atom stereocenters. The first-order chi connectivity index (χ1) is 24.0. The predicted octanol–water partition coefficient (Wildman–Crippen LogP) is 5.13. The highest BCUT2D eigenvalue weighted by Gasteiger charge is 2.45. The number of ether oxygens (including phenoxy) is 4. The Bertz CT molecular complexity index is 1750. The van der Waals surface area contributed by atoms with Crippen LogP contribution < -0.4 is 14.4 Å². The standard InChI is InChI=1S/C37H45ClN2O9S/c1-3-47-35(42)21-48-32-9-5-4-8-28(19-34(41)46-2)50(44,45)39-36(43)25-11-15-33-31(18-25)40(20-26-10-13-29(26)32)22-37(23-49-33)16-6-7-24-17-27(38)12-14-30(24)37/h5,9,11-12,14-15,17-18,26,28-29,32H,3-4,6-8,10,13,16,19-23H2,1-2H3,(H,39,43)/b9-5+/t26-,28-,29+,32-,37-/m0/s1. The van der Waals surface area contributed by atoms with Crippen LogP contribution in [-0.2, 0) is 45.7 Å². The van der Waals surface area contributed by atoms with E-state index in [1.165, 1.54) is 18.2 Å². The number of nitrogens with one attached hydrogen (secondary N) is 1. The molecule has 11 nitrogen and oxygen atoms in total. The number of hydrogen-bond acceptors (Lipinski definition) is 10. The van der Waals surface area contributed by atoms with Crippen LogP contribution >= 0.6 is 11.6 Å². The lowest BCUT2D eigenvalue weighted by atomic mass is 9.68. The maximum absolute atomic E-state index is 13.6. The van der Waals surface area contributed by atoms with Crippen LogP contribution in [-0.4, -0.2) is 77.6 Å². The molecule has 2 bridgehead atoms. The van der Waals surface area contributed by atoms with Crippen molar-refractivity contribution in [2.75, 3.05) is 44.9 Å². The summed E-state index contributed by atoms with van der Waals surface area (Å²) >= 11 is 6.42. The summed E-state index contributed by atoms with van der Waals surface area (Å²) in [6.45, 7) is 3.48. The molecule has 1 N–H and O–H groups in total. The lowest BCUT2D eigenvalue weighted by Crippen LogP contribution is -2.49. The van der Waals surface area contributed by atoms with Crippen molar-refractivity contribution in [3.05, 3.63) is 70.3 Å². The third-order valence-corrected chi connectivity index (χ3v) is 12.6. The molecule has 2 heterocycles. The van der Waals surface area contributed by atoms with Gasteiger partial charge in [0.15, 0.2) is 0 Å². The molecule has 2 aromatic rings. The molecule has 6 rings (SSSR count). The Morgan fingerprint density at radius 3 is 2.72 bits per heavy atom. The van der Waals surface area contributed by atoms with Crippen LogP contribution in [0.4, 0.5) is 5.69 Å². The average molecular weight is 729 g/mol. The zero-order valence-corrected chi connectivity index (χ0v) is 30.1. The van der Waals surface area contributed by atoms with Gasteiger partial charge >= 0.3 is 11.9 Å². The quantitative estimate of drug-likeness (QED) is 0.315. The fourth-order valence-electron chi connectivity index (χ4n) is 7.90. The van der Waals surface area contributed by atoms with Gasteiger partial charge in [0.1, 0.15) is 12.4 Å². The molecule has 13 heteroatoms. The fraction of sp³-hybridized carbons (Fsp3) is 0.541. The Morgan fingerprint density at radius 1 is 1.12 bits per heavy atom. The molecule has 2 aliphatic heterocycles. The minimum Gasteiger partial charge on any atom is -0.490 e. The molecule has 1 saturated carbocycles. The Labute approximate surface area is 298 Å². The zero-order valence-electron chi connectivity index (χ0n) is 28.5. The predicted molar refractivity (Wildman–Crippen MR) is 188 cm³/mol. The molecule has 270 valence electrons. The van der Waals surface area contributed by atoms with Crippen molar-refractivity contribution in [2.45, 2.75) is 75.1 Å². The van der Waals surface area contributed by atoms with Crippen molar-refractivity contribution in [3.63, 3.8) is 0 Å². The van der Waals surface area contributed by atoms with E-state index in [1.807, 2.05) is 24.3 Å². The highest BCUT2D eigenvalue weighted by atomic mass is 35.5. The first kappa shape index (κ1) is 36.2. The van der Waals surface area contributed by atoms with Gasteiger partial charge < -0.3 is 23.8 Å². The number of carbonyl (C=O) groups excluding carboxylic acids is 3. The topological polar surface area (TPSA) is 138 Å². The van der Waals surface area contributed by atoms with E-state index in [0.717, 1.165) is 32.1 Å². The van der Waals surface area contributed by atoms with E-state index in [-0.39, 0.29) is 42.4 Å². The number of hydrogen-bond donors (Lipinski definition) is 1. The largest absolute Gasteiger partial charge is 0.490 e. The van der Waals surface area contributed by atoms with E-state index in [2.05, 4.69) is 15.7 Å². The van der Waals surface area contributed by atoms with Crippen LogP contribution in [0.3, 0.4) is 0 Å². The van der Waals surface area contributed by atoms with Crippen LogP contribution in [0.15, 0.2) is 48.6 Å². The molecule has 5 atom stereocenters. The Hall–Kier alpha value is -3.61. The third kappa shape index (κ3) is 7.82. The second kappa shape index (κ2) is 15.3. The SMILES string of the molecule is CCOC(=O)CO[C@H]1/C=C/CC[C@@H](CC(=O)OC)S(=O)(=O)NC(=O)c2ccc3c(c2)N(C[C@@H]2CC[C@H]21)C[C@@]1(CCCc2cc(Cl)ccc21)CO3. The molecule has 0 radical (unpaired) electrons. The van der Waals surface area contributed by atoms with E-state index in [9.17, 15) is 22.8 Å². The van der Waals surface area contributed by atoms with Gasteiger partial charge in [0.2, 0.25) is 10.0 Å². The Kier molecular flexibility index (Phi) is 11.1. The summed E-state index contributed by atoms with van der Waals surface area (Å²) in [5.74, 6) is -1.05. The lowest BCUT2D eigenvalue weighted by molar-refractivity contribution is -0.151. The second-order valence-corrected chi connectivity index (χ2v) is 16.2. The first-order valence-corrected chi connectivity index (χ1v) is 19.3. The van der Waals surface area contributed by atoms with E-state index in [4.69, 9.17) is 30.5 Å². The maximum Gasteiger partial charge on any atom is 0.332 e. The number of allylic oxidation sites excluding steroid dienone is 1. The number of rotatable bonds is 6. The molecular formula is C37H45ClN2O9S. The minimum atomic E-state index is -4.29. The number of halogens is 1. The summed E-state index contributed by atoms with van der Waals surface area (Å²) in [5.41, 5.74) is 2.94. The van der Waals surface area contributed by atoms with Crippen molar-refractivity contribution >= 4 is 45.2 Å². The number of esters is 2. The highest BCUT2D eigenvalue weighted by molar-refractivity contribution is 7.90. The zero-order chi connectivity index (χ0) is 35.5. The number of methoxy groups -OCH3 is 1. The van der Waals surface area contributed by atoms with Gasteiger partial charge in [-0.25, -0.2) is 17.9 Å². The summed E-state index contributed by atoms with van der Waals surface area (Å²) in [5, 5.41) is -0.519. The van der Waals surface area contributed by atoms with Gasteiger partial charge in [0, 0.05) is 29.1 Å². The van der Waals surface area contributed by atoms with Gasteiger partial charge in [-0.2, -0.15) is 0 Å². The molecule has 1 amide bonds. The number of aryl methyl sites for hydroxylation is 1. The Balaban J connectivity index is 1.40. The fourth-order valence-corrected chi connectivity index (χ4v) is 9.44. The van der Waals surface area contributed by atoms with Gasteiger partial charge in [0.05, 0.1) is 43.8 Å². The van der Waals surface area contributed by atoms with Crippen molar-refractivity contribution in [3.8, 4) is 5.75 Å². The maximum atomic E-state index is 13.6. The van der Waals surface area contributed by atoms with Crippen molar-refractivity contribution in [1.82, 2.24) is 4.72 Å². The number of fused-ring (bicyclic) bond motifs is 4. The normalized spacial score (nSPS) is 28.1. The number of amides is 1. The monoisotopic (exact) mass is 728 g/mol. The van der Waals surface area contributed by atoms with Crippen LogP contribution in [0.1, 0.15) is 73.4 Å². The van der Waals surface area contributed by atoms with Gasteiger partial charge in [-0.05, 0) is 105 Å². The van der Waals surface area contributed by atoms with Gasteiger partial charge in [0.25, 0.3) is 5.91 Å². The molecular weight excluding hydrogens is 684 g/mol. The molecule has 4 aliphatic rings. The molecule has 50 heavy (non-hydrogen) atoms. The smallest absolute Gasteiger partial charge is 0.332 e. The van der Waals surface area contributed by atoms with E-state index >= 15 is 0 Å². The molecule has 1 fully saturated rings. The first-order valence-electron chi connectivity index (χ1n) is 17.4. The van der Waals surface area contributed by atoms with Crippen molar-refractivity contribution in [2.24, 2.45) is 11.8 Å². The number of nitrogens with zero attached hydrogens (tertiary/aromatic N) is 1. The second-order valence-electron chi connectivity index (χ2n) is 13.8. The highest BCUT2D eigenvalue weighted by Crippen LogP contribution is 2.47. The lowest BCUT2D eigenvalue weighted by Gasteiger charge is -2.46. The van der Waals surface area contributed by atoms with Gasteiger partial charge in [-0.1, -0.05) is 29.8 Å². The molecule has 0 aromatic heterocycles. The summed E-state index contributed by atoms with van der Waals surface area (Å²) < 4.78 is 52.0. The molecule has 2 aromatic carbocycles. The van der Waals surface area contributed by atoms with Crippen LogP contribution in [0.2, 0.25) is 5.02 Å². The summed E-state index contributed by atoms with van der Waals surface area (Å²) in [4.78, 5) is 40.4. The average Bonchev–Trinajstić information content (AvgIpc) is 3.22. The summed E-state index contributed by atoms with van der Waals surface area (Å²) in [6, 6.07) is 11.1. The molecule has 0 saturated heterocycles. The van der Waals surface area contributed by atoms with Crippen molar-refractivity contribution in [1.29, 1.82) is 0 Å². The van der Waals surface area contributed by atoms with Crippen LogP contribution in [0, 0.1) is 11.8 Å². The molecule has 1 spiro atoms. The van der Waals surface area contributed by atoms with Crippen molar-refractivity contribution < 1.29 is 41.7 Å². The number of benzene rings is 2. The van der Waals surface area contributed by atoms with Crippen LogP contribution in [0.5, 0.6) is 5.75 Å². The van der Waals surface area contributed by atoms with E-state index in [0.29, 0.717) is 42.6 Å². The van der Waals surface area contributed by atoms with Gasteiger partial charge in [-0.15, -0.1) is 0 Å². The van der Waals surface area contributed by atoms with Crippen LogP contribution in [0.25, 0.3) is 0 Å². The van der Waals surface area contributed by atoms with E-state index in [1.54, 1.807) is 25.1 Å². The minimum absolute atomic E-state index is 0.0630. The van der Waals surface area contributed by atoms with Gasteiger partial charge in [-0.3, -0.25) is 9.59 Å². The Morgan fingerprint density at radius 2 is 1.96 bits per heavy atom. The number of anilines is 1. The summed E-state index contributed by atoms with van der Waals surface area (Å²) in [6.07, 6.45) is 7.88. The third-order valence-electron chi connectivity index (χ3n) is 10.6. The molecule has 2 aliphatic carbocycles. The summed E-state index contributed by atoms with van der Waals surface area (Å²) in [7, 11) is -3.09.